The van der Waals surface area contributed by atoms with Crippen molar-refractivity contribution in [2.45, 2.75) is 25.8 Å². The molecule has 33 heavy (non-hydrogen) atoms. The van der Waals surface area contributed by atoms with E-state index in [1.165, 1.54) is 33.9 Å². The second-order valence-electron chi connectivity index (χ2n) is 8.55. The van der Waals surface area contributed by atoms with Crippen LogP contribution in [0, 0.1) is 0 Å². The van der Waals surface area contributed by atoms with Crippen molar-refractivity contribution in [1.82, 2.24) is 4.90 Å². The van der Waals surface area contributed by atoms with E-state index in [-0.39, 0.29) is 5.78 Å². The molecule has 1 aliphatic carbocycles. The maximum atomic E-state index is 11.3. The zero-order valence-corrected chi connectivity index (χ0v) is 19.0. The first kappa shape index (κ1) is 22.9. The average molecular weight is 438 g/mol. The van der Waals surface area contributed by atoms with Crippen LogP contribution in [0.5, 0.6) is 0 Å². The Hall–Kier alpha value is -3.27. The maximum absolute atomic E-state index is 11.3. The van der Waals surface area contributed by atoms with Crippen LogP contribution in [-0.4, -0.2) is 35.5 Å². The molecule has 0 fully saturated rings. The number of ketones is 1. The van der Waals surface area contributed by atoms with Gasteiger partial charge in [-0.2, -0.15) is 0 Å². The van der Waals surface area contributed by atoms with E-state index in [1.807, 2.05) is 12.1 Å². The molecule has 0 aliphatic heterocycles. The third-order valence-corrected chi connectivity index (χ3v) is 6.19. The largest absolute Gasteiger partial charge is 0.388 e. The second-order valence-corrected chi connectivity index (χ2v) is 8.55. The van der Waals surface area contributed by atoms with Crippen LogP contribution < -0.4 is 0 Å². The fourth-order valence-corrected chi connectivity index (χ4v) is 4.31. The number of hydrogen-bond acceptors (Lipinski definition) is 3. The molecule has 0 heterocycles. The fraction of sp³-hybridized carbons (Fsp3) is 0.233. The fourth-order valence-electron chi connectivity index (χ4n) is 4.31. The lowest BCUT2D eigenvalue weighted by atomic mass is 10.0. The minimum atomic E-state index is -0.453. The van der Waals surface area contributed by atoms with E-state index >= 15 is 0 Å². The molecule has 168 valence electrons. The maximum Gasteiger partial charge on any atom is 0.181 e. The van der Waals surface area contributed by atoms with E-state index < -0.39 is 6.61 Å². The Morgan fingerprint density at radius 1 is 0.848 bits per heavy atom. The first-order valence-corrected chi connectivity index (χ1v) is 11.7. The molecule has 0 spiro atoms. The van der Waals surface area contributed by atoms with Gasteiger partial charge in [0.05, 0.1) is 0 Å². The summed E-state index contributed by atoms with van der Waals surface area (Å²) in [6.45, 7) is 2.46. The lowest BCUT2D eigenvalue weighted by Crippen LogP contribution is -2.27. The van der Waals surface area contributed by atoms with Crippen LogP contribution in [0.3, 0.4) is 0 Å². The molecule has 4 rings (SSSR count). The Morgan fingerprint density at radius 3 is 2.36 bits per heavy atom. The summed E-state index contributed by atoms with van der Waals surface area (Å²) in [7, 11) is 0. The molecule has 0 atom stereocenters. The SMILES string of the molecule is O=C(/C=C/c1ccc(CN(CCC2=CCc3ccccc32)CCc2ccccc2)cc1)CO. The first-order chi connectivity index (χ1) is 16.2. The standard InChI is InChI=1S/C30H31NO2/c32-23-29(33)17-14-25-10-12-26(13-11-25)22-31(20-18-24-6-2-1-3-7-24)21-19-28-16-15-27-8-4-5-9-30(27)28/h1-14,16-17,32H,15,18-23H2/b17-14+. The van der Waals surface area contributed by atoms with Crippen LogP contribution in [0.1, 0.15) is 34.2 Å². The van der Waals surface area contributed by atoms with E-state index in [4.69, 9.17) is 5.11 Å². The molecule has 0 radical (unpaired) electrons. The lowest BCUT2D eigenvalue weighted by molar-refractivity contribution is -0.117. The van der Waals surface area contributed by atoms with Gasteiger partial charge in [-0.25, -0.2) is 0 Å². The van der Waals surface area contributed by atoms with E-state index in [2.05, 4.69) is 77.7 Å². The number of carbonyl (C=O) groups excluding carboxylic acids is 1. The van der Waals surface area contributed by atoms with Gasteiger partial charge in [0.2, 0.25) is 0 Å². The molecule has 3 heteroatoms. The van der Waals surface area contributed by atoms with Crippen LogP contribution in [-0.2, 0) is 24.2 Å². The smallest absolute Gasteiger partial charge is 0.181 e. The Morgan fingerprint density at radius 2 is 1.58 bits per heavy atom. The summed E-state index contributed by atoms with van der Waals surface area (Å²) in [6, 6.07) is 27.7. The van der Waals surface area contributed by atoms with Crippen LogP contribution in [0.25, 0.3) is 11.6 Å². The molecule has 3 nitrogen and oxygen atoms in total. The van der Waals surface area contributed by atoms with E-state index in [1.54, 1.807) is 6.08 Å². The average Bonchev–Trinajstić information content (AvgIpc) is 3.28. The third-order valence-electron chi connectivity index (χ3n) is 6.19. The van der Waals surface area contributed by atoms with Crippen molar-refractivity contribution in [3.63, 3.8) is 0 Å². The van der Waals surface area contributed by atoms with Gasteiger partial charge in [0.25, 0.3) is 0 Å². The lowest BCUT2D eigenvalue weighted by Gasteiger charge is -2.23. The van der Waals surface area contributed by atoms with Crippen LogP contribution in [0.15, 0.2) is 91.0 Å². The number of benzene rings is 3. The van der Waals surface area contributed by atoms with Crippen LogP contribution in [0.2, 0.25) is 0 Å². The summed E-state index contributed by atoms with van der Waals surface area (Å²) in [6.07, 6.45) is 8.68. The van der Waals surface area contributed by atoms with Crippen molar-refractivity contribution in [1.29, 1.82) is 0 Å². The Bertz CT molecular complexity index is 1110. The number of aliphatic hydroxyl groups is 1. The zero-order chi connectivity index (χ0) is 22.9. The number of aliphatic hydroxyl groups excluding tert-OH is 1. The predicted octanol–water partition coefficient (Wildman–Crippen LogP) is 5.34. The molecule has 1 N–H and O–H groups in total. The second kappa shape index (κ2) is 11.6. The highest BCUT2D eigenvalue weighted by molar-refractivity contribution is 5.94. The van der Waals surface area contributed by atoms with E-state index in [0.717, 1.165) is 44.5 Å². The van der Waals surface area contributed by atoms with Gasteiger partial charge in [-0.1, -0.05) is 91.0 Å². The number of fused-ring (bicyclic) bond motifs is 1. The zero-order valence-electron chi connectivity index (χ0n) is 19.0. The number of allylic oxidation sites excluding steroid dienone is 1. The number of carbonyl (C=O) groups is 1. The van der Waals surface area contributed by atoms with Crippen molar-refractivity contribution in [3.8, 4) is 0 Å². The Balaban J connectivity index is 1.41. The molecule has 0 aromatic heterocycles. The Kier molecular flexibility index (Phi) is 8.02. The highest BCUT2D eigenvalue weighted by Gasteiger charge is 2.15. The predicted molar refractivity (Wildman–Crippen MR) is 136 cm³/mol. The monoisotopic (exact) mass is 437 g/mol. The van der Waals surface area contributed by atoms with Gasteiger partial charge in [0, 0.05) is 19.6 Å². The quantitative estimate of drug-likeness (QED) is 0.412. The van der Waals surface area contributed by atoms with E-state index in [0.29, 0.717) is 0 Å². The van der Waals surface area contributed by atoms with Crippen LogP contribution in [0.4, 0.5) is 0 Å². The van der Waals surface area contributed by atoms with Gasteiger partial charge in [0.15, 0.2) is 5.78 Å². The first-order valence-electron chi connectivity index (χ1n) is 11.7. The Labute approximate surface area is 196 Å². The molecule has 0 saturated carbocycles. The molecule has 0 saturated heterocycles. The minimum Gasteiger partial charge on any atom is -0.388 e. The van der Waals surface area contributed by atoms with Crippen molar-refractivity contribution < 1.29 is 9.90 Å². The van der Waals surface area contributed by atoms with Crippen molar-refractivity contribution in [3.05, 3.63) is 119 Å². The van der Waals surface area contributed by atoms with Gasteiger partial charge in [-0.05, 0) is 58.7 Å². The summed E-state index contributed by atoms with van der Waals surface area (Å²) >= 11 is 0. The van der Waals surface area contributed by atoms with Gasteiger partial charge < -0.3 is 5.11 Å². The number of hydrogen-bond donors (Lipinski definition) is 1. The normalized spacial score (nSPS) is 12.8. The molecule has 3 aromatic rings. The summed E-state index contributed by atoms with van der Waals surface area (Å²) in [5, 5.41) is 8.86. The summed E-state index contributed by atoms with van der Waals surface area (Å²) in [4.78, 5) is 13.8. The highest BCUT2D eigenvalue weighted by atomic mass is 16.3. The molecular formula is C30H31NO2. The van der Waals surface area contributed by atoms with Crippen molar-refractivity contribution in [2.24, 2.45) is 0 Å². The summed E-state index contributed by atoms with van der Waals surface area (Å²) in [5.41, 5.74) is 7.89. The number of nitrogens with zero attached hydrogens (tertiary/aromatic N) is 1. The summed E-state index contributed by atoms with van der Waals surface area (Å²) in [5.74, 6) is -0.283. The van der Waals surface area contributed by atoms with Crippen LogP contribution >= 0.6 is 0 Å². The molecule has 3 aromatic carbocycles. The van der Waals surface area contributed by atoms with Gasteiger partial charge in [-0.3, -0.25) is 9.69 Å². The molecule has 0 bridgehead atoms. The topological polar surface area (TPSA) is 40.5 Å². The molecule has 0 amide bonds. The van der Waals surface area contributed by atoms with Gasteiger partial charge in [-0.15, -0.1) is 0 Å². The minimum absolute atomic E-state index is 0.283. The van der Waals surface area contributed by atoms with Gasteiger partial charge >= 0.3 is 0 Å². The van der Waals surface area contributed by atoms with Crippen molar-refractivity contribution in [2.75, 3.05) is 19.7 Å². The third kappa shape index (κ3) is 6.61. The van der Waals surface area contributed by atoms with Gasteiger partial charge in [0.1, 0.15) is 6.61 Å². The number of rotatable bonds is 11. The highest BCUT2D eigenvalue weighted by Crippen LogP contribution is 2.29. The van der Waals surface area contributed by atoms with E-state index in [9.17, 15) is 4.79 Å². The summed E-state index contributed by atoms with van der Waals surface area (Å²) < 4.78 is 0. The molecule has 0 unspecified atom stereocenters. The molecule has 1 aliphatic rings. The molecular weight excluding hydrogens is 406 g/mol. The van der Waals surface area contributed by atoms with Crippen molar-refractivity contribution >= 4 is 17.4 Å².